The molecule has 0 aromatic heterocycles. The van der Waals surface area contributed by atoms with E-state index in [2.05, 4.69) is 10.6 Å². The van der Waals surface area contributed by atoms with Gasteiger partial charge in [0.15, 0.2) is 0 Å². The maximum atomic E-state index is 12.1. The first-order chi connectivity index (χ1) is 11.5. The predicted molar refractivity (Wildman–Crippen MR) is 100 cm³/mol. The molecule has 5 heteroatoms. The van der Waals surface area contributed by atoms with Crippen molar-refractivity contribution in [1.82, 2.24) is 0 Å². The van der Waals surface area contributed by atoms with Crippen molar-refractivity contribution in [2.45, 2.75) is 13.3 Å². The van der Waals surface area contributed by atoms with E-state index in [-0.39, 0.29) is 5.91 Å². The van der Waals surface area contributed by atoms with Crippen LogP contribution in [0, 0.1) is 6.92 Å². The molecule has 0 atom stereocenters. The second kappa shape index (κ2) is 8.24. The SMILES string of the molecule is COc1ccc(C)cc1NCCC(=O)Nc1ccc(N(C)C)cc1. The lowest BCUT2D eigenvalue weighted by Crippen LogP contribution is -2.16. The molecular formula is C19H25N3O2. The molecule has 0 spiro atoms. The van der Waals surface area contributed by atoms with Crippen molar-refractivity contribution in [1.29, 1.82) is 0 Å². The van der Waals surface area contributed by atoms with E-state index in [1.807, 2.05) is 68.4 Å². The van der Waals surface area contributed by atoms with E-state index in [0.29, 0.717) is 13.0 Å². The highest BCUT2D eigenvalue weighted by molar-refractivity contribution is 5.91. The Bertz CT molecular complexity index is 682. The summed E-state index contributed by atoms with van der Waals surface area (Å²) in [5.41, 5.74) is 3.95. The van der Waals surface area contributed by atoms with E-state index >= 15 is 0 Å². The zero-order chi connectivity index (χ0) is 17.5. The topological polar surface area (TPSA) is 53.6 Å². The lowest BCUT2D eigenvalue weighted by molar-refractivity contribution is -0.115. The molecule has 5 nitrogen and oxygen atoms in total. The molecule has 2 aromatic carbocycles. The Morgan fingerprint density at radius 1 is 1.12 bits per heavy atom. The first-order valence-electron chi connectivity index (χ1n) is 7.95. The summed E-state index contributed by atoms with van der Waals surface area (Å²) in [6, 6.07) is 13.7. The van der Waals surface area contributed by atoms with Gasteiger partial charge in [-0.2, -0.15) is 0 Å². The standard InChI is InChI=1S/C19H25N3O2/c1-14-5-10-18(24-4)17(13-14)20-12-11-19(23)21-15-6-8-16(9-7-15)22(2)3/h5-10,13,20H,11-12H2,1-4H3,(H,21,23). The fourth-order valence-electron chi connectivity index (χ4n) is 2.34. The van der Waals surface area contributed by atoms with Crippen molar-refractivity contribution in [2.24, 2.45) is 0 Å². The minimum atomic E-state index is -0.0216. The van der Waals surface area contributed by atoms with Gasteiger partial charge in [-0.15, -0.1) is 0 Å². The summed E-state index contributed by atoms with van der Waals surface area (Å²) in [7, 11) is 5.61. The van der Waals surface area contributed by atoms with Gasteiger partial charge in [0.25, 0.3) is 0 Å². The first kappa shape index (κ1) is 17.7. The average molecular weight is 327 g/mol. The van der Waals surface area contributed by atoms with E-state index in [4.69, 9.17) is 4.74 Å². The molecule has 0 aliphatic rings. The summed E-state index contributed by atoms with van der Waals surface area (Å²) < 4.78 is 5.32. The zero-order valence-electron chi connectivity index (χ0n) is 14.7. The Kier molecular flexibility index (Phi) is 6.07. The van der Waals surface area contributed by atoms with Crippen LogP contribution in [0.3, 0.4) is 0 Å². The molecule has 0 aliphatic heterocycles. The van der Waals surface area contributed by atoms with Crippen LogP contribution < -0.4 is 20.3 Å². The van der Waals surface area contributed by atoms with Gasteiger partial charge in [-0.25, -0.2) is 0 Å². The zero-order valence-corrected chi connectivity index (χ0v) is 14.7. The maximum Gasteiger partial charge on any atom is 0.226 e. The molecule has 2 rings (SSSR count). The number of nitrogens with zero attached hydrogens (tertiary/aromatic N) is 1. The predicted octanol–water partition coefficient (Wildman–Crippen LogP) is 3.51. The Morgan fingerprint density at radius 2 is 1.83 bits per heavy atom. The second-order valence-corrected chi connectivity index (χ2v) is 5.87. The normalized spacial score (nSPS) is 10.2. The molecule has 0 bridgehead atoms. The monoisotopic (exact) mass is 327 g/mol. The molecular weight excluding hydrogens is 302 g/mol. The van der Waals surface area contributed by atoms with Gasteiger partial charge in [0.05, 0.1) is 12.8 Å². The number of hydrogen-bond acceptors (Lipinski definition) is 4. The van der Waals surface area contributed by atoms with Crippen molar-refractivity contribution >= 4 is 23.0 Å². The van der Waals surface area contributed by atoms with Crippen LogP contribution in [0.1, 0.15) is 12.0 Å². The van der Waals surface area contributed by atoms with Crippen LogP contribution >= 0.6 is 0 Å². The third-order valence-electron chi connectivity index (χ3n) is 3.69. The quantitative estimate of drug-likeness (QED) is 0.817. The fraction of sp³-hybridized carbons (Fsp3) is 0.316. The largest absolute Gasteiger partial charge is 0.495 e. The van der Waals surface area contributed by atoms with Gasteiger partial charge in [-0.1, -0.05) is 6.07 Å². The summed E-state index contributed by atoms with van der Waals surface area (Å²) in [5.74, 6) is 0.756. The summed E-state index contributed by atoms with van der Waals surface area (Å²) in [5, 5.41) is 6.16. The van der Waals surface area contributed by atoms with Crippen molar-refractivity contribution in [3.8, 4) is 5.75 Å². The van der Waals surface area contributed by atoms with Gasteiger partial charge in [-0.3, -0.25) is 4.79 Å². The number of amides is 1. The van der Waals surface area contributed by atoms with Crippen LogP contribution in [-0.2, 0) is 4.79 Å². The number of rotatable bonds is 7. The smallest absolute Gasteiger partial charge is 0.226 e. The third-order valence-corrected chi connectivity index (χ3v) is 3.69. The molecule has 24 heavy (non-hydrogen) atoms. The number of hydrogen-bond donors (Lipinski definition) is 2. The summed E-state index contributed by atoms with van der Waals surface area (Å²) in [6.45, 7) is 2.57. The van der Waals surface area contributed by atoms with Crippen molar-refractivity contribution in [3.63, 3.8) is 0 Å². The summed E-state index contributed by atoms with van der Waals surface area (Å²) in [6.07, 6.45) is 0.381. The molecule has 0 heterocycles. The fourth-order valence-corrected chi connectivity index (χ4v) is 2.34. The Hall–Kier alpha value is -2.69. The van der Waals surface area contributed by atoms with Crippen molar-refractivity contribution in [3.05, 3.63) is 48.0 Å². The molecule has 2 N–H and O–H groups in total. The van der Waals surface area contributed by atoms with Crippen LogP contribution in [-0.4, -0.2) is 33.7 Å². The molecule has 128 valence electrons. The number of nitrogens with one attached hydrogen (secondary N) is 2. The van der Waals surface area contributed by atoms with E-state index in [9.17, 15) is 4.79 Å². The Labute approximate surface area is 143 Å². The van der Waals surface area contributed by atoms with Crippen molar-refractivity contribution < 1.29 is 9.53 Å². The van der Waals surface area contributed by atoms with E-state index in [1.54, 1.807) is 7.11 Å². The molecule has 0 unspecified atom stereocenters. The van der Waals surface area contributed by atoms with E-state index in [1.165, 1.54) is 0 Å². The number of carbonyl (C=O) groups excluding carboxylic acids is 1. The minimum Gasteiger partial charge on any atom is -0.495 e. The summed E-state index contributed by atoms with van der Waals surface area (Å²) >= 11 is 0. The Morgan fingerprint density at radius 3 is 2.46 bits per heavy atom. The molecule has 2 aromatic rings. The third kappa shape index (κ3) is 4.91. The summed E-state index contributed by atoms with van der Waals surface area (Å²) in [4.78, 5) is 14.1. The van der Waals surface area contributed by atoms with E-state index < -0.39 is 0 Å². The molecule has 0 radical (unpaired) electrons. The van der Waals surface area contributed by atoms with Crippen LogP contribution in [0.15, 0.2) is 42.5 Å². The molecule has 0 saturated heterocycles. The maximum absolute atomic E-state index is 12.1. The van der Waals surface area contributed by atoms with Gasteiger partial charge < -0.3 is 20.3 Å². The molecule has 0 fully saturated rings. The molecule has 0 aliphatic carbocycles. The van der Waals surface area contributed by atoms with Gasteiger partial charge in [0.1, 0.15) is 5.75 Å². The van der Waals surface area contributed by atoms with Crippen LogP contribution in [0.2, 0.25) is 0 Å². The first-order valence-corrected chi connectivity index (χ1v) is 7.95. The van der Waals surface area contributed by atoms with Gasteiger partial charge >= 0.3 is 0 Å². The highest BCUT2D eigenvalue weighted by Gasteiger charge is 2.06. The lowest BCUT2D eigenvalue weighted by Gasteiger charge is -2.13. The second-order valence-electron chi connectivity index (χ2n) is 5.87. The number of methoxy groups -OCH3 is 1. The number of benzene rings is 2. The van der Waals surface area contributed by atoms with E-state index in [0.717, 1.165) is 28.4 Å². The minimum absolute atomic E-state index is 0.0216. The lowest BCUT2D eigenvalue weighted by atomic mass is 10.2. The highest BCUT2D eigenvalue weighted by Crippen LogP contribution is 2.25. The van der Waals surface area contributed by atoms with Crippen molar-refractivity contribution in [2.75, 3.05) is 43.3 Å². The van der Waals surface area contributed by atoms with Gasteiger partial charge in [0.2, 0.25) is 5.91 Å². The Balaban J connectivity index is 1.84. The average Bonchev–Trinajstić information content (AvgIpc) is 2.55. The van der Waals surface area contributed by atoms with Gasteiger partial charge in [-0.05, 0) is 48.9 Å². The number of anilines is 3. The highest BCUT2D eigenvalue weighted by atomic mass is 16.5. The number of aryl methyl sites for hydroxylation is 1. The van der Waals surface area contributed by atoms with Gasteiger partial charge in [0, 0.05) is 38.4 Å². The molecule has 1 amide bonds. The molecule has 0 saturated carbocycles. The van der Waals surface area contributed by atoms with Crippen LogP contribution in [0.4, 0.5) is 17.1 Å². The number of carbonyl (C=O) groups is 1. The van der Waals surface area contributed by atoms with Crippen LogP contribution in [0.5, 0.6) is 5.75 Å². The number of ether oxygens (including phenoxy) is 1. The van der Waals surface area contributed by atoms with Crippen LogP contribution in [0.25, 0.3) is 0 Å².